The zero-order valence-electron chi connectivity index (χ0n) is 9.26. The molecule has 0 bridgehead atoms. The topological polar surface area (TPSA) is 15.3 Å². The van der Waals surface area contributed by atoms with Crippen LogP contribution in [0.5, 0.6) is 0 Å². The highest BCUT2D eigenvalue weighted by molar-refractivity contribution is 5.26. The fourth-order valence-corrected chi connectivity index (χ4v) is 1.79. The lowest BCUT2D eigenvalue weighted by atomic mass is 10.1. The van der Waals surface area contributed by atoms with Crippen LogP contribution >= 0.6 is 0 Å². The van der Waals surface area contributed by atoms with E-state index in [1.165, 1.54) is 6.07 Å². The van der Waals surface area contributed by atoms with Gasteiger partial charge in [0.25, 0.3) is 0 Å². The summed E-state index contributed by atoms with van der Waals surface area (Å²) in [5.74, 6) is -0.143. The van der Waals surface area contributed by atoms with Gasteiger partial charge < -0.3 is 5.32 Å². The summed E-state index contributed by atoms with van der Waals surface area (Å²) >= 11 is 0. The molecule has 15 heavy (non-hydrogen) atoms. The number of aryl methyl sites for hydroxylation is 1. The second-order valence-electron chi connectivity index (χ2n) is 4.30. The lowest BCUT2D eigenvalue weighted by Crippen LogP contribution is -2.55. The summed E-state index contributed by atoms with van der Waals surface area (Å²) in [5.41, 5.74) is 2.25. The van der Waals surface area contributed by atoms with Gasteiger partial charge in [0, 0.05) is 25.7 Å². The van der Waals surface area contributed by atoms with Crippen LogP contribution in [0.1, 0.15) is 11.1 Å². The molecule has 0 spiro atoms. The minimum Gasteiger partial charge on any atom is -0.314 e. The minimum atomic E-state index is -0.143. The van der Waals surface area contributed by atoms with E-state index in [9.17, 15) is 4.39 Å². The van der Waals surface area contributed by atoms with Gasteiger partial charge in [-0.15, -0.1) is 0 Å². The summed E-state index contributed by atoms with van der Waals surface area (Å²) in [6, 6.07) is 5.60. The number of hydrogen-bond donors (Lipinski definition) is 1. The molecular weight excluding hydrogens is 191 g/mol. The first-order chi connectivity index (χ1) is 7.16. The number of likely N-dealkylation sites (N-methyl/N-ethyl adjacent to an activating group) is 1. The normalized spacial score (nSPS) is 16.8. The molecule has 1 aliphatic rings. The third-order valence-corrected chi connectivity index (χ3v) is 3.11. The number of hydrogen-bond acceptors (Lipinski definition) is 2. The Labute approximate surface area is 90.1 Å². The fourth-order valence-electron chi connectivity index (χ4n) is 1.79. The van der Waals surface area contributed by atoms with Crippen LogP contribution in [-0.4, -0.2) is 31.1 Å². The predicted octanol–water partition coefficient (Wildman–Crippen LogP) is 1.54. The van der Waals surface area contributed by atoms with Crippen molar-refractivity contribution in [1.29, 1.82) is 0 Å². The highest BCUT2D eigenvalue weighted by atomic mass is 19.1. The van der Waals surface area contributed by atoms with Crippen molar-refractivity contribution >= 4 is 0 Å². The van der Waals surface area contributed by atoms with Gasteiger partial charge in [-0.3, -0.25) is 4.90 Å². The Hall–Kier alpha value is -0.930. The first-order valence-corrected chi connectivity index (χ1v) is 5.33. The van der Waals surface area contributed by atoms with E-state index >= 15 is 0 Å². The predicted molar refractivity (Wildman–Crippen MR) is 59.3 cm³/mol. The Balaban J connectivity index is 2.05. The van der Waals surface area contributed by atoms with Crippen LogP contribution < -0.4 is 5.32 Å². The Morgan fingerprint density at radius 3 is 2.80 bits per heavy atom. The smallest absolute Gasteiger partial charge is 0.123 e. The molecule has 3 heteroatoms. The molecular formula is C12H17FN2. The van der Waals surface area contributed by atoms with E-state index in [2.05, 4.69) is 17.3 Å². The number of nitrogens with zero attached hydrogens (tertiary/aromatic N) is 1. The van der Waals surface area contributed by atoms with Crippen LogP contribution in [0.15, 0.2) is 18.2 Å². The average molecular weight is 208 g/mol. The van der Waals surface area contributed by atoms with Gasteiger partial charge in [-0.2, -0.15) is 0 Å². The molecule has 1 fully saturated rings. The largest absolute Gasteiger partial charge is 0.314 e. The van der Waals surface area contributed by atoms with Gasteiger partial charge in [-0.25, -0.2) is 4.39 Å². The maximum absolute atomic E-state index is 13.1. The number of halogens is 1. The van der Waals surface area contributed by atoms with Crippen molar-refractivity contribution in [3.05, 3.63) is 35.1 Å². The van der Waals surface area contributed by atoms with Crippen molar-refractivity contribution in [3.8, 4) is 0 Å². The van der Waals surface area contributed by atoms with Crippen molar-refractivity contribution in [2.24, 2.45) is 0 Å². The summed E-state index contributed by atoms with van der Waals surface area (Å²) in [4.78, 5) is 2.28. The van der Waals surface area contributed by atoms with Gasteiger partial charge >= 0.3 is 0 Å². The molecule has 0 saturated carbocycles. The van der Waals surface area contributed by atoms with E-state index in [1.807, 2.05) is 13.0 Å². The first-order valence-electron chi connectivity index (χ1n) is 5.33. The summed E-state index contributed by atoms with van der Waals surface area (Å²) < 4.78 is 13.1. The molecule has 1 aromatic carbocycles. The lowest BCUT2D eigenvalue weighted by molar-refractivity contribution is 0.172. The van der Waals surface area contributed by atoms with Gasteiger partial charge in [0.05, 0.1) is 0 Å². The Morgan fingerprint density at radius 1 is 1.47 bits per heavy atom. The maximum Gasteiger partial charge on any atom is 0.123 e. The highest BCUT2D eigenvalue weighted by Gasteiger charge is 2.21. The zero-order chi connectivity index (χ0) is 10.8. The molecule has 0 unspecified atom stereocenters. The molecule has 1 heterocycles. The Kier molecular flexibility index (Phi) is 3.03. The van der Waals surface area contributed by atoms with Gasteiger partial charge in [0.15, 0.2) is 0 Å². The van der Waals surface area contributed by atoms with Crippen LogP contribution in [-0.2, 0) is 6.54 Å². The van der Waals surface area contributed by atoms with Crippen molar-refractivity contribution in [1.82, 2.24) is 10.2 Å². The van der Waals surface area contributed by atoms with E-state index in [-0.39, 0.29) is 5.82 Å². The summed E-state index contributed by atoms with van der Waals surface area (Å²) in [7, 11) is 2.09. The second-order valence-corrected chi connectivity index (χ2v) is 4.30. The zero-order valence-corrected chi connectivity index (χ0v) is 9.26. The summed E-state index contributed by atoms with van der Waals surface area (Å²) in [5, 5.41) is 3.24. The molecule has 0 aliphatic carbocycles. The number of nitrogens with one attached hydrogen (secondary N) is 1. The number of benzene rings is 1. The molecule has 0 aromatic heterocycles. The van der Waals surface area contributed by atoms with E-state index in [4.69, 9.17) is 0 Å². The first kappa shape index (κ1) is 10.6. The summed E-state index contributed by atoms with van der Waals surface area (Å²) in [6.07, 6.45) is 0. The van der Waals surface area contributed by atoms with Crippen molar-refractivity contribution in [3.63, 3.8) is 0 Å². The molecule has 2 nitrogen and oxygen atoms in total. The minimum absolute atomic E-state index is 0.143. The molecule has 2 rings (SSSR count). The second kappa shape index (κ2) is 4.29. The van der Waals surface area contributed by atoms with Crippen LogP contribution in [0.3, 0.4) is 0 Å². The quantitative estimate of drug-likeness (QED) is 0.810. The average Bonchev–Trinajstić information content (AvgIpc) is 2.08. The monoisotopic (exact) mass is 208 g/mol. The molecule has 1 aliphatic heterocycles. The van der Waals surface area contributed by atoms with Gasteiger partial charge in [0.2, 0.25) is 0 Å². The van der Waals surface area contributed by atoms with Crippen LogP contribution in [0.25, 0.3) is 0 Å². The van der Waals surface area contributed by atoms with E-state index < -0.39 is 0 Å². The molecule has 1 aromatic rings. The van der Waals surface area contributed by atoms with E-state index in [0.717, 1.165) is 30.8 Å². The van der Waals surface area contributed by atoms with Crippen LogP contribution in [0.4, 0.5) is 4.39 Å². The maximum atomic E-state index is 13.1. The third-order valence-electron chi connectivity index (χ3n) is 3.11. The van der Waals surface area contributed by atoms with Crippen molar-refractivity contribution in [2.75, 3.05) is 20.1 Å². The summed E-state index contributed by atoms with van der Waals surface area (Å²) in [6.45, 7) is 4.95. The van der Waals surface area contributed by atoms with E-state index in [0.29, 0.717) is 6.04 Å². The van der Waals surface area contributed by atoms with Crippen molar-refractivity contribution < 1.29 is 4.39 Å². The van der Waals surface area contributed by atoms with Gasteiger partial charge in [-0.1, -0.05) is 6.07 Å². The SMILES string of the molecule is Cc1ccc(F)cc1CN(C)C1CNC1. The number of rotatable bonds is 3. The molecule has 0 amide bonds. The van der Waals surface area contributed by atoms with Crippen LogP contribution in [0, 0.1) is 12.7 Å². The Bertz CT molecular complexity index is 347. The Morgan fingerprint density at radius 2 is 2.20 bits per heavy atom. The van der Waals surface area contributed by atoms with Gasteiger partial charge in [0.1, 0.15) is 5.82 Å². The molecule has 0 atom stereocenters. The third kappa shape index (κ3) is 2.36. The molecule has 1 N–H and O–H groups in total. The standard InChI is InChI=1S/C12H17FN2/c1-9-3-4-11(13)5-10(9)8-15(2)12-6-14-7-12/h3-5,12,14H,6-8H2,1-2H3. The fraction of sp³-hybridized carbons (Fsp3) is 0.500. The highest BCUT2D eigenvalue weighted by Crippen LogP contribution is 2.14. The van der Waals surface area contributed by atoms with Gasteiger partial charge in [-0.05, 0) is 37.2 Å². The van der Waals surface area contributed by atoms with Crippen molar-refractivity contribution in [2.45, 2.75) is 19.5 Å². The molecule has 82 valence electrons. The van der Waals surface area contributed by atoms with E-state index in [1.54, 1.807) is 6.07 Å². The molecule has 0 radical (unpaired) electrons. The van der Waals surface area contributed by atoms with Crippen LogP contribution in [0.2, 0.25) is 0 Å². The lowest BCUT2D eigenvalue weighted by Gasteiger charge is -2.35. The molecule has 1 saturated heterocycles.